The fourth-order valence-electron chi connectivity index (χ4n) is 7.99. The number of carbonyl (C=O) groups excluding carboxylic acids is 4. The van der Waals surface area contributed by atoms with E-state index in [-0.39, 0.29) is 97.0 Å². The average molecular weight is 892 g/mol. The van der Waals surface area contributed by atoms with E-state index in [0.717, 1.165) is 4.90 Å². The summed E-state index contributed by atoms with van der Waals surface area (Å²) in [6.45, 7) is 5.49. The van der Waals surface area contributed by atoms with Crippen LogP contribution in [0.25, 0.3) is 27.9 Å². The number of nitrogens with one attached hydrogen (secondary N) is 3. The normalized spacial score (nSPS) is 17.0. The van der Waals surface area contributed by atoms with Gasteiger partial charge in [-0.25, -0.2) is 15.0 Å². The number of hydrogen-bond donors (Lipinski definition) is 5. The fourth-order valence-corrected chi connectivity index (χ4v) is 7.99. The van der Waals surface area contributed by atoms with Crippen LogP contribution in [0.15, 0.2) is 36.5 Å². The van der Waals surface area contributed by atoms with E-state index in [1.54, 1.807) is 49.0 Å². The Morgan fingerprint density at radius 3 is 2.16 bits per heavy atom. The number of aromatic nitrogens is 10. The van der Waals surface area contributed by atoms with E-state index in [4.69, 9.17) is 16.5 Å². The van der Waals surface area contributed by atoms with E-state index in [2.05, 4.69) is 40.9 Å². The molecule has 0 spiro atoms. The minimum Gasteiger partial charge on any atom is -0.383 e. The van der Waals surface area contributed by atoms with Crippen molar-refractivity contribution in [2.45, 2.75) is 72.5 Å². The van der Waals surface area contributed by atoms with Crippen LogP contribution >= 0.6 is 0 Å². The van der Waals surface area contributed by atoms with Crippen LogP contribution in [-0.2, 0) is 30.9 Å². The Hall–Kier alpha value is -7.28. The summed E-state index contributed by atoms with van der Waals surface area (Å²) < 4.78 is 67.1. The Kier molecular flexibility index (Phi) is 11.1. The first kappa shape index (κ1) is 43.4. The smallest absolute Gasteiger partial charge is 0.372 e. The van der Waals surface area contributed by atoms with Gasteiger partial charge in [-0.2, -0.15) is 27.2 Å². The van der Waals surface area contributed by atoms with E-state index in [9.17, 15) is 36.7 Å². The number of pyridine rings is 1. The highest BCUT2D eigenvalue weighted by atomic mass is 19.3. The summed E-state index contributed by atoms with van der Waals surface area (Å²) in [7, 11) is 0. The number of carbonyl (C=O) groups is 4. The van der Waals surface area contributed by atoms with Gasteiger partial charge in [0, 0.05) is 56.5 Å². The molecule has 64 heavy (non-hydrogen) atoms. The third kappa shape index (κ3) is 8.09. The van der Waals surface area contributed by atoms with E-state index >= 15 is 0 Å². The first-order valence-electron chi connectivity index (χ1n) is 20.2. The molecule has 8 rings (SSSR count). The van der Waals surface area contributed by atoms with Gasteiger partial charge in [0.2, 0.25) is 23.7 Å². The van der Waals surface area contributed by atoms with Crippen LogP contribution in [0.1, 0.15) is 73.6 Å². The Morgan fingerprint density at radius 2 is 1.48 bits per heavy atom. The van der Waals surface area contributed by atoms with Crippen LogP contribution in [0.2, 0.25) is 0 Å². The lowest BCUT2D eigenvalue weighted by Crippen LogP contribution is -2.55. The number of amides is 4. The predicted molar refractivity (Wildman–Crippen MR) is 220 cm³/mol. The molecule has 0 bridgehead atoms. The first-order chi connectivity index (χ1) is 30.4. The van der Waals surface area contributed by atoms with Gasteiger partial charge in [-0.3, -0.25) is 48.7 Å². The minimum atomic E-state index is -4.04. The van der Waals surface area contributed by atoms with Crippen molar-refractivity contribution in [2.24, 2.45) is 11.5 Å². The van der Waals surface area contributed by atoms with Crippen molar-refractivity contribution in [3.63, 3.8) is 0 Å². The highest BCUT2D eigenvalue weighted by molar-refractivity contribution is 6.07. The molecule has 25 heteroatoms. The van der Waals surface area contributed by atoms with Crippen LogP contribution in [0.3, 0.4) is 0 Å². The summed E-state index contributed by atoms with van der Waals surface area (Å²) in [5.74, 6) is -2.31. The molecule has 0 unspecified atom stereocenters. The number of rotatable bonds is 9. The topological polar surface area (TPSA) is 257 Å². The number of allylic oxidation sites excluding steroid dienone is 2. The number of aryl methyl sites for hydroxylation is 4. The third-order valence-electron chi connectivity index (χ3n) is 10.7. The van der Waals surface area contributed by atoms with Gasteiger partial charge in [-0.05, 0) is 45.4 Å². The number of morpholine rings is 1. The lowest BCUT2D eigenvalue weighted by atomic mass is 10.1. The summed E-state index contributed by atoms with van der Waals surface area (Å²) in [5.41, 5.74) is 13.7. The van der Waals surface area contributed by atoms with Crippen molar-refractivity contribution in [3.05, 3.63) is 70.7 Å². The number of halogens is 4. The summed E-state index contributed by atoms with van der Waals surface area (Å²) in [4.78, 5) is 68.6. The maximum atomic E-state index is 14.7. The summed E-state index contributed by atoms with van der Waals surface area (Å²) in [6.07, 6.45) is -3.15. The molecule has 0 aliphatic carbocycles. The van der Waals surface area contributed by atoms with Crippen LogP contribution in [0, 0.1) is 13.8 Å². The number of nitrogens with zero attached hydrogens (tertiary/aromatic N) is 11. The number of alkyl halides is 4. The molecule has 0 radical (unpaired) electrons. The second-order valence-corrected chi connectivity index (χ2v) is 15.1. The largest absolute Gasteiger partial charge is 0.383 e. The predicted octanol–water partition coefficient (Wildman–Crippen LogP) is 2.70. The van der Waals surface area contributed by atoms with Crippen molar-refractivity contribution in [1.29, 1.82) is 0 Å². The van der Waals surface area contributed by atoms with Crippen LogP contribution in [0.5, 0.6) is 0 Å². The van der Waals surface area contributed by atoms with Crippen molar-refractivity contribution in [3.8, 4) is 5.69 Å². The number of hydrogen-bond acceptors (Lipinski definition) is 12. The maximum Gasteiger partial charge on any atom is 0.372 e. The van der Waals surface area contributed by atoms with Gasteiger partial charge in [0.15, 0.2) is 17.0 Å². The minimum absolute atomic E-state index is 0.0324. The van der Waals surface area contributed by atoms with Crippen molar-refractivity contribution >= 4 is 63.4 Å². The number of fused-ring (bicyclic) bond motifs is 9. The van der Waals surface area contributed by atoms with Gasteiger partial charge in [-0.15, -0.1) is 4.68 Å². The van der Waals surface area contributed by atoms with Gasteiger partial charge in [0.25, 0.3) is 11.7 Å². The lowest BCUT2D eigenvalue weighted by molar-refractivity contribution is -0.606. The molecule has 1 fully saturated rings. The second kappa shape index (κ2) is 16.4. The van der Waals surface area contributed by atoms with Gasteiger partial charge < -0.3 is 21.4 Å². The standard InChI is InChI=1S/C39H42F4N16O5/c1-5-57-29-27(20(3)52-57)59-21(4)53-58(6-2)35(59)34(63)51-37-49-26-16-23(31(45)61)17-47-32(26)56(37)13-8-7-12-55-28-24(14-22(30(44)60)15-25(28)48-36(55)50-33(29)62)46-10-9-11-54-18-38(40,41)64-39(42,43)19-54/h7-8,14-17,46H,5-6,9-13,18-19H2,1-4H3,(H5-,44,45,48,49,50,51,60,61,62,63)/p+1/b8-7+. The average Bonchev–Trinajstić information content (AvgIpc) is 3.95. The SMILES string of the molecule is CCn1nc(C)c2c1C(=O)Nc1nc3cc(C(N)=O)cc(NCCCN4CC(F)(F)OC(F)(F)C4)c3n1C/C=C/Cn1c(nc3cc(C(N)=O)cnc31)NC(=O)c1n(CC)nc(C)[n+]1-2. The van der Waals surface area contributed by atoms with Crippen LogP contribution < -0.4 is 32.0 Å². The summed E-state index contributed by atoms with van der Waals surface area (Å²) in [6, 6.07) is 4.38. The third-order valence-corrected chi connectivity index (χ3v) is 10.7. The molecule has 7 heterocycles. The van der Waals surface area contributed by atoms with E-state index < -0.39 is 48.9 Å². The molecule has 5 aromatic heterocycles. The molecule has 7 N–H and O–H groups in total. The molecule has 1 aromatic carbocycles. The van der Waals surface area contributed by atoms with Gasteiger partial charge in [0.05, 0.1) is 41.1 Å². The zero-order chi connectivity index (χ0) is 45.8. The maximum absolute atomic E-state index is 14.7. The monoisotopic (exact) mass is 891 g/mol. The number of primary amides is 2. The number of anilines is 3. The molecule has 4 amide bonds. The first-order valence-corrected chi connectivity index (χ1v) is 20.2. The van der Waals surface area contributed by atoms with E-state index in [1.165, 1.54) is 38.3 Å². The molecule has 6 aromatic rings. The molecular weight excluding hydrogens is 849 g/mol. The van der Waals surface area contributed by atoms with Crippen molar-refractivity contribution in [1.82, 2.24) is 48.5 Å². The second-order valence-electron chi connectivity index (χ2n) is 15.1. The molecule has 2 aliphatic heterocycles. The van der Waals surface area contributed by atoms with Gasteiger partial charge in [0.1, 0.15) is 12.1 Å². The molecule has 0 atom stereocenters. The van der Waals surface area contributed by atoms with Crippen LogP contribution in [0.4, 0.5) is 35.1 Å². The molecule has 336 valence electrons. The van der Waals surface area contributed by atoms with Crippen molar-refractivity contribution in [2.75, 3.05) is 42.1 Å². The number of imidazole rings is 2. The number of ether oxygens (including phenoxy) is 1. The van der Waals surface area contributed by atoms with Gasteiger partial charge in [-0.1, -0.05) is 12.2 Å². The van der Waals surface area contributed by atoms with E-state index in [0.29, 0.717) is 28.4 Å². The Morgan fingerprint density at radius 1 is 0.859 bits per heavy atom. The highest BCUT2D eigenvalue weighted by Gasteiger charge is 2.51. The molecule has 21 nitrogen and oxygen atoms in total. The Bertz CT molecular complexity index is 2900. The summed E-state index contributed by atoms with van der Waals surface area (Å²) in [5, 5.41) is 18.3. The van der Waals surface area contributed by atoms with Crippen molar-refractivity contribution < 1.29 is 46.0 Å². The Balaban J connectivity index is 1.26. The number of nitrogens with two attached hydrogens (primary N) is 2. The van der Waals surface area contributed by atoms with E-state index in [1.807, 2.05) is 0 Å². The molecule has 2 aliphatic rings. The number of benzene rings is 1. The molecular formula is C39H43F4N16O5+. The fraction of sp³-hybridized carbons (Fsp3) is 0.385. The lowest BCUT2D eigenvalue weighted by Gasteiger charge is -2.36. The zero-order valence-electron chi connectivity index (χ0n) is 35.0. The highest BCUT2D eigenvalue weighted by Crippen LogP contribution is 2.34. The zero-order valence-corrected chi connectivity index (χ0v) is 35.0. The molecule has 0 saturated carbocycles. The summed E-state index contributed by atoms with van der Waals surface area (Å²) >= 11 is 0. The Labute approximate surface area is 360 Å². The quantitative estimate of drug-likeness (QED) is 0.0608. The van der Waals surface area contributed by atoms with Gasteiger partial charge >= 0.3 is 23.9 Å². The van der Waals surface area contributed by atoms with Crippen LogP contribution in [-0.4, -0.2) is 111 Å². The molecule has 1 saturated heterocycles.